The van der Waals surface area contributed by atoms with Crippen LogP contribution in [-0.4, -0.2) is 25.0 Å². The lowest BCUT2D eigenvalue weighted by Crippen LogP contribution is -2.26. The standard InChI is InChI=1S/C19H21N3O3/c1-3-14-4-6-15(7-5-14)13(2)21-22-19(23)11-20-16-8-9-17-18(10-16)25-12-24-17/h4-10,20H,3,11-12H2,1-2H3,(H,22,23)/b21-13+. The molecule has 1 aliphatic heterocycles. The number of fused-ring (bicyclic) bond motifs is 1. The number of carbonyl (C=O) groups excluding carboxylic acids is 1. The second-order valence-corrected chi connectivity index (χ2v) is 5.70. The van der Waals surface area contributed by atoms with Gasteiger partial charge in [-0.1, -0.05) is 31.2 Å². The van der Waals surface area contributed by atoms with E-state index >= 15 is 0 Å². The van der Waals surface area contributed by atoms with Crippen molar-refractivity contribution in [2.24, 2.45) is 5.10 Å². The number of hydrogen-bond donors (Lipinski definition) is 2. The monoisotopic (exact) mass is 339 g/mol. The lowest BCUT2D eigenvalue weighted by atomic mass is 10.1. The summed E-state index contributed by atoms with van der Waals surface area (Å²) in [6.07, 6.45) is 0.999. The normalized spacial score (nSPS) is 12.8. The van der Waals surface area contributed by atoms with Crippen LogP contribution in [0.25, 0.3) is 0 Å². The molecule has 0 aromatic heterocycles. The van der Waals surface area contributed by atoms with E-state index in [-0.39, 0.29) is 19.2 Å². The highest BCUT2D eigenvalue weighted by molar-refractivity contribution is 5.99. The van der Waals surface area contributed by atoms with Gasteiger partial charge in [-0.3, -0.25) is 4.79 Å². The van der Waals surface area contributed by atoms with Crippen molar-refractivity contribution in [3.05, 3.63) is 53.6 Å². The van der Waals surface area contributed by atoms with Gasteiger partial charge in [-0.15, -0.1) is 0 Å². The Morgan fingerprint density at radius 2 is 1.88 bits per heavy atom. The fourth-order valence-corrected chi connectivity index (χ4v) is 2.42. The van der Waals surface area contributed by atoms with Gasteiger partial charge >= 0.3 is 0 Å². The summed E-state index contributed by atoms with van der Waals surface area (Å²) in [5, 5.41) is 7.19. The Hall–Kier alpha value is -3.02. The van der Waals surface area contributed by atoms with E-state index in [0.29, 0.717) is 11.5 Å². The number of carbonyl (C=O) groups is 1. The minimum absolute atomic E-state index is 0.116. The predicted molar refractivity (Wildman–Crippen MR) is 97.2 cm³/mol. The third-order valence-corrected chi connectivity index (χ3v) is 3.95. The van der Waals surface area contributed by atoms with Crippen LogP contribution in [0.4, 0.5) is 5.69 Å². The van der Waals surface area contributed by atoms with Crippen LogP contribution in [0, 0.1) is 0 Å². The fourth-order valence-electron chi connectivity index (χ4n) is 2.42. The van der Waals surface area contributed by atoms with Gasteiger partial charge in [0.15, 0.2) is 11.5 Å². The number of amides is 1. The zero-order valence-electron chi connectivity index (χ0n) is 14.3. The van der Waals surface area contributed by atoms with E-state index in [2.05, 4.69) is 34.9 Å². The van der Waals surface area contributed by atoms with Crippen molar-refractivity contribution in [1.82, 2.24) is 5.43 Å². The van der Waals surface area contributed by atoms with Gasteiger partial charge in [0.2, 0.25) is 6.79 Å². The van der Waals surface area contributed by atoms with Crippen LogP contribution >= 0.6 is 0 Å². The van der Waals surface area contributed by atoms with Crippen LogP contribution in [0.1, 0.15) is 25.0 Å². The third kappa shape index (κ3) is 4.29. The summed E-state index contributed by atoms with van der Waals surface area (Å²) >= 11 is 0. The van der Waals surface area contributed by atoms with Gasteiger partial charge < -0.3 is 14.8 Å². The van der Waals surface area contributed by atoms with Crippen molar-refractivity contribution in [3.8, 4) is 11.5 Å². The van der Waals surface area contributed by atoms with Crippen molar-refractivity contribution in [1.29, 1.82) is 0 Å². The first kappa shape index (κ1) is 16.8. The molecule has 1 heterocycles. The first-order valence-corrected chi connectivity index (χ1v) is 8.21. The summed E-state index contributed by atoms with van der Waals surface area (Å²) in [6, 6.07) is 13.6. The number of nitrogens with one attached hydrogen (secondary N) is 2. The highest BCUT2D eigenvalue weighted by Crippen LogP contribution is 2.34. The number of hydrazone groups is 1. The SMILES string of the molecule is CCc1ccc(/C(C)=N/NC(=O)CNc2ccc3c(c2)OCO3)cc1. The summed E-state index contributed by atoms with van der Waals surface area (Å²) in [5.74, 6) is 1.17. The number of benzene rings is 2. The zero-order chi connectivity index (χ0) is 17.6. The molecule has 3 rings (SSSR count). The van der Waals surface area contributed by atoms with Crippen LogP contribution in [-0.2, 0) is 11.2 Å². The molecule has 0 bridgehead atoms. The maximum absolute atomic E-state index is 11.9. The third-order valence-electron chi connectivity index (χ3n) is 3.95. The smallest absolute Gasteiger partial charge is 0.259 e. The van der Waals surface area contributed by atoms with Gasteiger partial charge in [-0.05, 0) is 36.6 Å². The molecule has 0 aliphatic carbocycles. The second kappa shape index (κ2) is 7.70. The van der Waals surface area contributed by atoms with Crippen LogP contribution in [0.5, 0.6) is 11.5 Å². The maximum Gasteiger partial charge on any atom is 0.259 e. The van der Waals surface area contributed by atoms with Crippen molar-refractivity contribution in [3.63, 3.8) is 0 Å². The number of rotatable bonds is 6. The average molecular weight is 339 g/mol. The van der Waals surface area contributed by atoms with Crippen molar-refractivity contribution < 1.29 is 14.3 Å². The van der Waals surface area contributed by atoms with E-state index in [1.54, 1.807) is 6.07 Å². The molecular formula is C19H21N3O3. The summed E-state index contributed by atoms with van der Waals surface area (Å²) < 4.78 is 10.6. The summed E-state index contributed by atoms with van der Waals surface area (Å²) in [7, 11) is 0. The summed E-state index contributed by atoms with van der Waals surface area (Å²) in [6.45, 7) is 4.33. The van der Waals surface area contributed by atoms with Crippen molar-refractivity contribution >= 4 is 17.3 Å². The van der Waals surface area contributed by atoms with E-state index in [1.165, 1.54) is 5.56 Å². The molecule has 130 valence electrons. The van der Waals surface area contributed by atoms with E-state index in [0.717, 1.165) is 23.4 Å². The van der Waals surface area contributed by atoms with Crippen LogP contribution in [0.3, 0.4) is 0 Å². The summed E-state index contributed by atoms with van der Waals surface area (Å²) in [4.78, 5) is 11.9. The average Bonchev–Trinajstić information content (AvgIpc) is 3.12. The molecule has 0 fully saturated rings. The van der Waals surface area contributed by atoms with Crippen LogP contribution < -0.4 is 20.2 Å². The number of anilines is 1. The molecule has 0 spiro atoms. The fraction of sp³-hybridized carbons (Fsp3) is 0.263. The topological polar surface area (TPSA) is 72.0 Å². The van der Waals surface area contributed by atoms with Gasteiger partial charge in [0.05, 0.1) is 12.3 Å². The van der Waals surface area contributed by atoms with Crippen molar-refractivity contribution in [2.45, 2.75) is 20.3 Å². The maximum atomic E-state index is 11.9. The van der Waals surface area contributed by atoms with Gasteiger partial charge in [0, 0.05) is 11.8 Å². The Balaban J connectivity index is 1.51. The molecule has 0 atom stereocenters. The lowest BCUT2D eigenvalue weighted by Gasteiger charge is -2.07. The molecule has 25 heavy (non-hydrogen) atoms. The van der Waals surface area contributed by atoms with Crippen LogP contribution in [0.2, 0.25) is 0 Å². The number of aryl methyl sites for hydroxylation is 1. The minimum atomic E-state index is -0.220. The molecule has 2 aromatic rings. The van der Waals surface area contributed by atoms with Crippen molar-refractivity contribution in [2.75, 3.05) is 18.7 Å². The quantitative estimate of drug-likeness (QED) is 0.627. The van der Waals surface area contributed by atoms with Gasteiger partial charge in [-0.2, -0.15) is 5.10 Å². The molecule has 6 nitrogen and oxygen atoms in total. The Bertz CT molecular complexity index is 785. The summed E-state index contributed by atoms with van der Waals surface area (Å²) in [5.41, 5.74) is 6.37. The molecular weight excluding hydrogens is 318 g/mol. The van der Waals surface area contributed by atoms with Gasteiger partial charge in [0.1, 0.15) is 0 Å². The number of ether oxygens (including phenoxy) is 2. The van der Waals surface area contributed by atoms with Gasteiger partial charge in [0.25, 0.3) is 5.91 Å². The molecule has 0 unspecified atom stereocenters. The Labute approximate surface area is 146 Å². The molecule has 2 aromatic carbocycles. The molecule has 2 N–H and O–H groups in total. The highest BCUT2D eigenvalue weighted by Gasteiger charge is 2.13. The predicted octanol–water partition coefficient (Wildman–Crippen LogP) is 2.93. The van der Waals surface area contributed by atoms with E-state index in [1.807, 2.05) is 31.2 Å². The zero-order valence-corrected chi connectivity index (χ0v) is 14.3. The first-order chi connectivity index (χ1) is 12.2. The molecule has 0 saturated heterocycles. The first-order valence-electron chi connectivity index (χ1n) is 8.21. The number of nitrogens with zero attached hydrogens (tertiary/aromatic N) is 1. The molecule has 1 amide bonds. The Morgan fingerprint density at radius 1 is 1.12 bits per heavy atom. The molecule has 1 aliphatic rings. The van der Waals surface area contributed by atoms with E-state index < -0.39 is 0 Å². The largest absolute Gasteiger partial charge is 0.454 e. The van der Waals surface area contributed by atoms with Gasteiger partial charge in [-0.25, -0.2) is 5.43 Å². The van der Waals surface area contributed by atoms with Crippen LogP contribution in [0.15, 0.2) is 47.6 Å². The van der Waals surface area contributed by atoms with E-state index in [4.69, 9.17) is 9.47 Å². The Morgan fingerprint density at radius 3 is 2.64 bits per heavy atom. The second-order valence-electron chi connectivity index (χ2n) is 5.70. The highest BCUT2D eigenvalue weighted by atomic mass is 16.7. The number of hydrogen-bond acceptors (Lipinski definition) is 5. The lowest BCUT2D eigenvalue weighted by molar-refractivity contribution is -0.119. The molecule has 6 heteroatoms. The molecule has 0 saturated carbocycles. The van der Waals surface area contributed by atoms with E-state index in [9.17, 15) is 4.79 Å². The molecule has 0 radical (unpaired) electrons. The Kier molecular flexibility index (Phi) is 5.18. The minimum Gasteiger partial charge on any atom is -0.454 e.